The summed E-state index contributed by atoms with van der Waals surface area (Å²) in [6.45, 7) is 0.513. The summed E-state index contributed by atoms with van der Waals surface area (Å²) in [4.78, 5) is 0. The van der Waals surface area contributed by atoms with Crippen molar-refractivity contribution in [2.75, 3.05) is 20.8 Å². The third-order valence-electron chi connectivity index (χ3n) is 2.30. The van der Waals surface area contributed by atoms with E-state index >= 15 is 0 Å². The van der Waals surface area contributed by atoms with E-state index in [2.05, 4.69) is 0 Å². The van der Waals surface area contributed by atoms with Gasteiger partial charge in [0.25, 0.3) is 0 Å². The largest absolute Gasteiger partial charge is 0.495 e. The van der Waals surface area contributed by atoms with Gasteiger partial charge in [0.05, 0.1) is 24.8 Å². The third-order valence-corrected chi connectivity index (χ3v) is 2.59. The molecular formula is C11H16ClNO3. The molecule has 3 N–H and O–H groups in total. The molecule has 1 rings (SSSR count). The first kappa shape index (κ1) is 13.3. The number of aliphatic hydroxyl groups is 1. The second kappa shape index (κ2) is 6.06. The number of nitrogens with two attached hydrogens (primary N) is 1. The minimum absolute atomic E-state index is 0.138. The van der Waals surface area contributed by atoms with Gasteiger partial charge < -0.3 is 20.3 Å². The lowest BCUT2D eigenvalue weighted by atomic mass is 10.0. The Bertz CT molecular complexity index is 357. The van der Waals surface area contributed by atoms with Crippen molar-refractivity contribution in [1.82, 2.24) is 0 Å². The van der Waals surface area contributed by atoms with Crippen molar-refractivity contribution in [1.29, 1.82) is 0 Å². The predicted octanol–water partition coefficient (Wildman–Crippen LogP) is 1.49. The first-order chi connectivity index (χ1) is 7.63. The molecule has 5 heteroatoms. The number of hydrogen-bond donors (Lipinski definition) is 2. The molecule has 0 saturated carbocycles. The number of halogens is 1. The molecule has 16 heavy (non-hydrogen) atoms. The van der Waals surface area contributed by atoms with Crippen molar-refractivity contribution in [3.05, 3.63) is 28.3 Å². The lowest BCUT2D eigenvalue weighted by molar-refractivity contribution is 0.165. The van der Waals surface area contributed by atoms with Crippen LogP contribution in [-0.4, -0.2) is 25.9 Å². The predicted molar refractivity (Wildman–Crippen MR) is 62.7 cm³/mol. The summed E-state index contributed by atoms with van der Waals surface area (Å²) in [6, 6.07) is 3.41. The van der Waals surface area contributed by atoms with E-state index in [4.69, 9.17) is 26.8 Å². The average Bonchev–Trinajstić information content (AvgIpc) is 2.30. The molecule has 90 valence electrons. The van der Waals surface area contributed by atoms with Crippen LogP contribution in [0.3, 0.4) is 0 Å². The van der Waals surface area contributed by atoms with E-state index < -0.39 is 6.10 Å². The Kier molecular flexibility index (Phi) is 5.02. The molecule has 0 radical (unpaired) electrons. The Labute approximate surface area is 99.9 Å². The van der Waals surface area contributed by atoms with Crippen LogP contribution in [-0.2, 0) is 11.3 Å². The highest BCUT2D eigenvalue weighted by molar-refractivity contribution is 6.32. The Hall–Kier alpha value is -0.810. The number of rotatable bonds is 5. The number of hydrogen-bond acceptors (Lipinski definition) is 4. The van der Waals surface area contributed by atoms with Crippen LogP contribution >= 0.6 is 11.6 Å². The zero-order valence-electron chi connectivity index (χ0n) is 9.37. The summed E-state index contributed by atoms with van der Waals surface area (Å²) in [5, 5.41) is 10.2. The van der Waals surface area contributed by atoms with Crippen LogP contribution in [0.1, 0.15) is 17.2 Å². The van der Waals surface area contributed by atoms with Crippen LogP contribution in [0.15, 0.2) is 12.1 Å². The maximum absolute atomic E-state index is 9.74. The molecule has 0 aliphatic carbocycles. The fraction of sp³-hybridized carbons (Fsp3) is 0.455. The second-order valence-electron chi connectivity index (χ2n) is 3.37. The van der Waals surface area contributed by atoms with Crippen LogP contribution < -0.4 is 10.5 Å². The van der Waals surface area contributed by atoms with Crippen molar-refractivity contribution in [3.63, 3.8) is 0 Å². The van der Waals surface area contributed by atoms with Crippen LogP contribution in [0, 0.1) is 0 Å². The van der Waals surface area contributed by atoms with Crippen molar-refractivity contribution < 1.29 is 14.6 Å². The standard InChI is InChI=1S/C11H16ClNO3/c1-15-6-7-3-11(16-2)9(12)4-8(7)10(14)5-13/h3-4,10,14H,5-6,13H2,1-2H3. The Morgan fingerprint density at radius 3 is 2.62 bits per heavy atom. The van der Waals surface area contributed by atoms with Gasteiger partial charge in [-0.15, -0.1) is 0 Å². The Balaban J connectivity index is 3.18. The highest BCUT2D eigenvalue weighted by Crippen LogP contribution is 2.31. The van der Waals surface area contributed by atoms with Crippen LogP contribution in [0.25, 0.3) is 0 Å². The maximum Gasteiger partial charge on any atom is 0.137 e. The van der Waals surface area contributed by atoms with Gasteiger partial charge in [-0.1, -0.05) is 11.6 Å². The van der Waals surface area contributed by atoms with E-state index in [0.717, 1.165) is 5.56 Å². The van der Waals surface area contributed by atoms with E-state index in [1.807, 2.05) is 0 Å². The van der Waals surface area contributed by atoms with E-state index in [1.54, 1.807) is 19.2 Å². The molecule has 0 aromatic heterocycles. The molecule has 0 amide bonds. The smallest absolute Gasteiger partial charge is 0.137 e. The molecule has 1 aromatic rings. The lowest BCUT2D eigenvalue weighted by Crippen LogP contribution is -2.14. The van der Waals surface area contributed by atoms with Crippen LogP contribution in [0.4, 0.5) is 0 Å². The van der Waals surface area contributed by atoms with Crippen LogP contribution in [0.2, 0.25) is 5.02 Å². The summed E-state index contributed by atoms with van der Waals surface area (Å²) < 4.78 is 10.2. The van der Waals surface area contributed by atoms with E-state index in [0.29, 0.717) is 22.9 Å². The van der Waals surface area contributed by atoms with Crippen molar-refractivity contribution in [2.45, 2.75) is 12.7 Å². The van der Waals surface area contributed by atoms with Gasteiger partial charge in [0.1, 0.15) is 5.75 Å². The summed E-state index contributed by atoms with van der Waals surface area (Å²) in [6.07, 6.45) is -0.742. The normalized spacial score (nSPS) is 12.6. The van der Waals surface area contributed by atoms with Gasteiger partial charge >= 0.3 is 0 Å². The maximum atomic E-state index is 9.74. The van der Waals surface area contributed by atoms with Crippen molar-refractivity contribution in [2.24, 2.45) is 5.73 Å². The number of ether oxygens (including phenoxy) is 2. The lowest BCUT2D eigenvalue weighted by Gasteiger charge is -2.16. The SMILES string of the molecule is COCc1cc(OC)c(Cl)cc1C(O)CN. The molecule has 4 nitrogen and oxygen atoms in total. The molecule has 1 aromatic carbocycles. The number of methoxy groups -OCH3 is 2. The molecule has 0 saturated heterocycles. The quantitative estimate of drug-likeness (QED) is 0.825. The fourth-order valence-corrected chi connectivity index (χ4v) is 1.73. The number of benzene rings is 1. The number of aliphatic hydroxyl groups excluding tert-OH is 1. The van der Waals surface area contributed by atoms with Gasteiger partial charge in [-0.05, 0) is 23.3 Å². The van der Waals surface area contributed by atoms with Gasteiger partial charge in [0.15, 0.2) is 0 Å². The molecule has 0 fully saturated rings. The van der Waals surface area contributed by atoms with Crippen molar-refractivity contribution >= 4 is 11.6 Å². The second-order valence-corrected chi connectivity index (χ2v) is 3.78. The molecule has 1 atom stereocenters. The topological polar surface area (TPSA) is 64.7 Å². The van der Waals surface area contributed by atoms with Gasteiger partial charge in [0.2, 0.25) is 0 Å². The van der Waals surface area contributed by atoms with E-state index in [9.17, 15) is 5.11 Å². The Morgan fingerprint density at radius 1 is 1.44 bits per heavy atom. The summed E-state index contributed by atoms with van der Waals surface area (Å²) >= 11 is 5.98. The molecule has 0 spiro atoms. The third kappa shape index (κ3) is 2.86. The first-order valence-corrected chi connectivity index (χ1v) is 5.25. The van der Waals surface area contributed by atoms with Gasteiger partial charge in [0, 0.05) is 13.7 Å². The minimum Gasteiger partial charge on any atom is -0.495 e. The van der Waals surface area contributed by atoms with Gasteiger partial charge in [-0.3, -0.25) is 0 Å². The molecular weight excluding hydrogens is 230 g/mol. The molecule has 0 aliphatic heterocycles. The summed E-state index contributed by atoms with van der Waals surface area (Å²) in [7, 11) is 3.12. The highest BCUT2D eigenvalue weighted by Gasteiger charge is 2.14. The van der Waals surface area contributed by atoms with Crippen LogP contribution in [0.5, 0.6) is 5.75 Å². The Morgan fingerprint density at radius 2 is 2.12 bits per heavy atom. The fourth-order valence-electron chi connectivity index (χ4n) is 1.48. The molecule has 1 unspecified atom stereocenters. The van der Waals surface area contributed by atoms with Crippen molar-refractivity contribution in [3.8, 4) is 5.75 Å². The van der Waals surface area contributed by atoms with E-state index in [1.165, 1.54) is 7.11 Å². The first-order valence-electron chi connectivity index (χ1n) is 4.87. The molecule has 0 aliphatic rings. The zero-order chi connectivity index (χ0) is 12.1. The summed E-state index contributed by atoms with van der Waals surface area (Å²) in [5.74, 6) is 0.557. The average molecular weight is 246 g/mol. The summed E-state index contributed by atoms with van der Waals surface area (Å²) in [5.41, 5.74) is 6.92. The van der Waals surface area contributed by atoms with Gasteiger partial charge in [-0.2, -0.15) is 0 Å². The molecule has 0 bridgehead atoms. The zero-order valence-corrected chi connectivity index (χ0v) is 10.1. The minimum atomic E-state index is -0.742. The highest BCUT2D eigenvalue weighted by atomic mass is 35.5. The monoisotopic (exact) mass is 245 g/mol. The molecule has 0 heterocycles. The van der Waals surface area contributed by atoms with E-state index in [-0.39, 0.29) is 6.54 Å². The van der Waals surface area contributed by atoms with Gasteiger partial charge in [-0.25, -0.2) is 0 Å².